The van der Waals surface area contributed by atoms with Gasteiger partial charge in [0.2, 0.25) is 0 Å². The van der Waals surface area contributed by atoms with Gasteiger partial charge in [-0.1, -0.05) is 6.92 Å². The highest BCUT2D eigenvalue weighted by Gasteiger charge is 2.19. The van der Waals surface area contributed by atoms with Gasteiger partial charge in [-0.15, -0.1) is 0 Å². The molecule has 1 atom stereocenters. The van der Waals surface area contributed by atoms with Crippen molar-refractivity contribution >= 4 is 11.9 Å². The molecule has 1 saturated heterocycles. The number of hydrogen-bond acceptors (Lipinski definition) is 2. The summed E-state index contributed by atoms with van der Waals surface area (Å²) >= 11 is 1.73. The Morgan fingerprint density at radius 3 is 2.64 bits per heavy atom. The molecule has 1 fully saturated rings. The van der Waals surface area contributed by atoms with Crippen LogP contribution in [0, 0.1) is 11.7 Å². The van der Waals surface area contributed by atoms with Crippen LogP contribution in [0.15, 0.2) is 29.2 Å². The van der Waals surface area contributed by atoms with Gasteiger partial charge in [-0.3, -0.25) is 0 Å². The van der Waals surface area contributed by atoms with Crippen molar-refractivity contribution in [3.8, 4) is 0 Å². The normalized spacial score (nSPS) is 22.9. The van der Waals surface area contributed by atoms with Gasteiger partial charge in [0.15, 0.2) is 0 Å². The fraction of sp³-hybridized carbons (Fsp3) is 0.455. The third-order valence-corrected chi connectivity index (χ3v) is 3.51. The van der Waals surface area contributed by atoms with Gasteiger partial charge < -0.3 is 0 Å². The number of hydrogen-bond donors (Lipinski definition) is 0. The first-order valence-corrected chi connectivity index (χ1v) is 5.70. The second-order valence-corrected chi connectivity index (χ2v) is 5.00. The topological polar surface area (TPSA) is 3.24 Å². The third kappa shape index (κ3) is 2.49. The second kappa shape index (κ2) is 4.32. The summed E-state index contributed by atoms with van der Waals surface area (Å²) in [6.45, 7) is 4.55. The van der Waals surface area contributed by atoms with E-state index < -0.39 is 0 Å². The first-order valence-electron chi connectivity index (χ1n) is 4.92. The number of rotatable bonds is 2. The van der Waals surface area contributed by atoms with Crippen molar-refractivity contribution in [2.75, 3.05) is 13.1 Å². The number of halogens is 1. The van der Waals surface area contributed by atoms with Crippen molar-refractivity contribution < 1.29 is 4.39 Å². The Morgan fingerprint density at radius 2 is 2.07 bits per heavy atom. The summed E-state index contributed by atoms with van der Waals surface area (Å²) in [5.41, 5.74) is 0. The molecule has 14 heavy (non-hydrogen) atoms. The molecule has 1 aliphatic rings. The predicted molar refractivity (Wildman–Crippen MR) is 57.6 cm³/mol. The molecule has 1 aromatic carbocycles. The molecule has 1 aromatic rings. The zero-order valence-electron chi connectivity index (χ0n) is 8.24. The van der Waals surface area contributed by atoms with Crippen molar-refractivity contribution in [1.82, 2.24) is 4.31 Å². The quantitative estimate of drug-likeness (QED) is 0.691. The van der Waals surface area contributed by atoms with E-state index in [9.17, 15) is 4.39 Å². The maximum Gasteiger partial charge on any atom is 0.123 e. The van der Waals surface area contributed by atoms with E-state index in [1.54, 1.807) is 11.9 Å². The summed E-state index contributed by atoms with van der Waals surface area (Å²) in [5, 5.41) is 0. The Balaban J connectivity index is 1.94. The minimum atomic E-state index is -0.163. The molecule has 0 aromatic heterocycles. The zero-order chi connectivity index (χ0) is 9.97. The fourth-order valence-corrected chi connectivity index (χ4v) is 2.70. The Labute approximate surface area is 88.4 Å². The van der Waals surface area contributed by atoms with Crippen LogP contribution < -0.4 is 0 Å². The van der Waals surface area contributed by atoms with Crippen molar-refractivity contribution in [3.05, 3.63) is 30.1 Å². The average Bonchev–Trinajstić information content (AvgIpc) is 2.56. The second-order valence-electron chi connectivity index (χ2n) is 3.83. The van der Waals surface area contributed by atoms with E-state index in [1.165, 1.54) is 18.6 Å². The average molecular weight is 211 g/mol. The van der Waals surface area contributed by atoms with Crippen LogP contribution in [0.2, 0.25) is 0 Å². The van der Waals surface area contributed by atoms with Crippen LogP contribution in [-0.4, -0.2) is 17.4 Å². The van der Waals surface area contributed by atoms with Gasteiger partial charge in [-0.2, -0.15) is 0 Å². The summed E-state index contributed by atoms with van der Waals surface area (Å²) in [6, 6.07) is 6.70. The molecule has 1 aliphatic heterocycles. The van der Waals surface area contributed by atoms with E-state index in [2.05, 4.69) is 11.2 Å². The summed E-state index contributed by atoms with van der Waals surface area (Å²) < 4.78 is 15.0. The highest BCUT2D eigenvalue weighted by molar-refractivity contribution is 7.97. The molecule has 0 bridgehead atoms. The van der Waals surface area contributed by atoms with Gasteiger partial charge in [0.05, 0.1) is 0 Å². The molecule has 0 spiro atoms. The molecule has 0 N–H and O–H groups in total. The first-order chi connectivity index (χ1) is 6.74. The van der Waals surface area contributed by atoms with Crippen molar-refractivity contribution in [2.45, 2.75) is 18.2 Å². The van der Waals surface area contributed by atoms with E-state index in [0.717, 1.165) is 23.9 Å². The van der Waals surface area contributed by atoms with Crippen LogP contribution in [0.25, 0.3) is 0 Å². The van der Waals surface area contributed by atoms with Crippen molar-refractivity contribution in [3.63, 3.8) is 0 Å². The van der Waals surface area contributed by atoms with Crippen molar-refractivity contribution in [2.24, 2.45) is 5.92 Å². The van der Waals surface area contributed by atoms with Crippen LogP contribution >= 0.6 is 11.9 Å². The lowest BCUT2D eigenvalue weighted by atomic mass is 10.2. The highest BCUT2D eigenvalue weighted by atomic mass is 32.2. The van der Waals surface area contributed by atoms with Crippen LogP contribution in [0.3, 0.4) is 0 Å². The molecule has 1 heterocycles. The van der Waals surface area contributed by atoms with Gasteiger partial charge in [0.25, 0.3) is 0 Å². The monoisotopic (exact) mass is 211 g/mol. The Bertz CT molecular complexity index is 299. The van der Waals surface area contributed by atoms with Crippen LogP contribution in [0.4, 0.5) is 4.39 Å². The molecule has 76 valence electrons. The van der Waals surface area contributed by atoms with Crippen LogP contribution in [0.1, 0.15) is 13.3 Å². The lowest BCUT2D eigenvalue weighted by molar-refractivity contribution is 0.549. The van der Waals surface area contributed by atoms with E-state index in [4.69, 9.17) is 0 Å². The molecule has 0 saturated carbocycles. The zero-order valence-corrected chi connectivity index (χ0v) is 9.06. The molecule has 0 amide bonds. The minimum absolute atomic E-state index is 0.163. The summed E-state index contributed by atoms with van der Waals surface area (Å²) in [6.07, 6.45) is 1.27. The van der Waals surface area contributed by atoms with Gasteiger partial charge in [-0.25, -0.2) is 8.70 Å². The molecule has 0 radical (unpaired) electrons. The number of nitrogens with zero attached hydrogens (tertiary/aromatic N) is 1. The Kier molecular flexibility index (Phi) is 3.08. The van der Waals surface area contributed by atoms with Crippen molar-refractivity contribution in [1.29, 1.82) is 0 Å². The molecule has 1 nitrogen and oxygen atoms in total. The van der Waals surface area contributed by atoms with Gasteiger partial charge in [0.1, 0.15) is 5.82 Å². The molecule has 2 rings (SSSR count). The SMILES string of the molecule is C[C@H]1CCN(Sc2ccc(F)cc2)C1. The molecule has 3 heteroatoms. The Morgan fingerprint density at radius 1 is 1.36 bits per heavy atom. The van der Waals surface area contributed by atoms with Gasteiger partial charge >= 0.3 is 0 Å². The highest BCUT2D eigenvalue weighted by Crippen LogP contribution is 2.28. The predicted octanol–water partition coefficient (Wildman–Crippen LogP) is 3.17. The Hall–Kier alpha value is -0.540. The fourth-order valence-electron chi connectivity index (χ4n) is 1.62. The summed E-state index contributed by atoms with van der Waals surface area (Å²) in [5.74, 6) is 0.632. The van der Waals surface area contributed by atoms with E-state index in [0.29, 0.717) is 0 Å². The first kappa shape index (κ1) is 9.99. The largest absolute Gasteiger partial charge is 0.246 e. The summed E-state index contributed by atoms with van der Waals surface area (Å²) in [7, 11) is 0. The van der Waals surface area contributed by atoms with E-state index in [-0.39, 0.29) is 5.82 Å². The maximum absolute atomic E-state index is 12.6. The molecule has 0 aliphatic carbocycles. The van der Waals surface area contributed by atoms with E-state index in [1.807, 2.05) is 12.1 Å². The molecule has 0 unspecified atom stereocenters. The van der Waals surface area contributed by atoms with Gasteiger partial charge in [0, 0.05) is 18.0 Å². The lowest BCUT2D eigenvalue weighted by Gasteiger charge is -2.13. The van der Waals surface area contributed by atoms with Gasteiger partial charge in [-0.05, 0) is 48.6 Å². The minimum Gasteiger partial charge on any atom is -0.246 e. The third-order valence-electron chi connectivity index (χ3n) is 2.43. The molecular weight excluding hydrogens is 197 g/mol. The van der Waals surface area contributed by atoms with Crippen LogP contribution in [0.5, 0.6) is 0 Å². The van der Waals surface area contributed by atoms with Crippen LogP contribution in [-0.2, 0) is 0 Å². The standard InChI is InChI=1S/C11H14FNS/c1-9-6-7-13(8-9)14-11-4-2-10(12)3-5-11/h2-5,9H,6-8H2,1H3/t9-/m0/s1. The lowest BCUT2D eigenvalue weighted by Crippen LogP contribution is -2.10. The summed E-state index contributed by atoms with van der Waals surface area (Å²) in [4.78, 5) is 1.13. The molecular formula is C11H14FNS. The number of benzene rings is 1. The maximum atomic E-state index is 12.6. The smallest absolute Gasteiger partial charge is 0.123 e. The van der Waals surface area contributed by atoms with E-state index >= 15 is 0 Å².